The number of halogens is 1. The van der Waals surface area contributed by atoms with Gasteiger partial charge in [-0.25, -0.2) is 0 Å². The second-order valence-corrected chi connectivity index (χ2v) is 5.59. The van der Waals surface area contributed by atoms with Gasteiger partial charge < -0.3 is 10.6 Å². The topological polar surface area (TPSA) is 64.2 Å². The highest BCUT2D eigenvalue weighted by Gasteiger charge is 2.21. The fourth-order valence-corrected chi connectivity index (χ4v) is 2.49. The molecule has 6 heteroatoms. The third kappa shape index (κ3) is 3.03. The van der Waals surface area contributed by atoms with Gasteiger partial charge in [0.15, 0.2) is 0 Å². The molecule has 2 rings (SSSR count). The quantitative estimate of drug-likeness (QED) is 0.886. The van der Waals surface area contributed by atoms with Crippen molar-refractivity contribution in [2.24, 2.45) is 7.05 Å². The molecular formula is C15H19ClN4O. The molecule has 0 aliphatic carbocycles. The molecule has 21 heavy (non-hydrogen) atoms. The Bertz CT molecular complexity index is 693. The predicted molar refractivity (Wildman–Crippen MR) is 84.3 cm³/mol. The first-order valence-electron chi connectivity index (χ1n) is 6.60. The molecule has 0 spiro atoms. The average molecular weight is 307 g/mol. The number of aryl methyl sites for hydroxylation is 2. The van der Waals surface area contributed by atoms with Crippen molar-refractivity contribution in [3.8, 4) is 0 Å². The van der Waals surface area contributed by atoms with Gasteiger partial charge in [0.05, 0.1) is 11.3 Å². The van der Waals surface area contributed by atoms with Crippen LogP contribution in [0.25, 0.3) is 0 Å². The van der Waals surface area contributed by atoms with Crippen LogP contribution in [0, 0.1) is 13.8 Å². The summed E-state index contributed by atoms with van der Waals surface area (Å²) in [5, 5.41) is 4.88. The number of nitrogens with zero attached hydrogens (tertiary/aromatic N) is 3. The molecule has 0 radical (unpaired) electrons. The zero-order valence-electron chi connectivity index (χ0n) is 12.6. The van der Waals surface area contributed by atoms with Gasteiger partial charge >= 0.3 is 0 Å². The van der Waals surface area contributed by atoms with Gasteiger partial charge in [-0.05, 0) is 37.6 Å². The third-order valence-electron chi connectivity index (χ3n) is 3.55. The summed E-state index contributed by atoms with van der Waals surface area (Å²) in [4.78, 5) is 14.2. The van der Waals surface area contributed by atoms with E-state index in [1.165, 1.54) is 0 Å². The zero-order chi connectivity index (χ0) is 15.7. The smallest absolute Gasteiger partial charge is 0.257 e. The van der Waals surface area contributed by atoms with E-state index in [1.807, 2.05) is 20.9 Å². The average Bonchev–Trinajstić information content (AvgIpc) is 2.67. The van der Waals surface area contributed by atoms with Gasteiger partial charge in [0.25, 0.3) is 5.91 Å². The van der Waals surface area contributed by atoms with E-state index in [2.05, 4.69) is 5.10 Å². The monoisotopic (exact) mass is 306 g/mol. The molecule has 1 amide bonds. The number of hydrogen-bond donors (Lipinski definition) is 1. The maximum absolute atomic E-state index is 12.6. The number of amides is 1. The summed E-state index contributed by atoms with van der Waals surface area (Å²) < 4.78 is 1.71. The van der Waals surface area contributed by atoms with Crippen LogP contribution < -0.4 is 5.73 Å². The van der Waals surface area contributed by atoms with Gasteiger partial charge in [-0.2, -0.15) is 5.10 Å². The maximum Gasteiger partial charge on any atom is 0.257 e. The molecule has 0 saturated carbocycles. The van der Waals surface area contributed by atoms with Crippen molar-refractivity contribution >= 4 is 23.2 Å². The lowest BCUT2D eigenvalue weighted by Crippen LogP contribution is -2.27. The van der Waals surface area contributed by atoms with Gasteiger partial charge in [0, 0.05) is 37.0 Å². The first-order chi connectivity index (χ1) is 9.81. The summed E-state index contributed by atoms with van der Waals surface area (Å²) >= 11 is 6.15. The van der Waals surface area contributed by atoms with Crippen LogP contribution in [-0.2, 0) is 13.6 Å². The van der Waals surface area contributed by atoms with Crippen LogP contribution in [0.4, 0.5) is 5.69 Å². The molecule has 0 saturated heterocycles. The number of rotatable bonds is 3. The number of nitrogens with two attached hydrogens (primary N) is 1. The van der Waals surface area contributed by atoms with Crippen LogP contribution in [0.3, 0.4) is 0 Å². The van der Waals surface area contributed by atoms with Gasteiger partial charge in [-0.15, -0.1) is 0 Å². The van der Waals surface area contributed by atoms with Gasteiger partial charge in [-0.3, -0.25) is 9.48 Å². The van der Waals surface area contributed by atoms with Gasteiger partial charge in [0.2, 0.25) is 0 Å². The summed E-state index contributed by atoms with van der Waals surface area (Å²) in [6, 6.07) is 5.27. The molecule has 0 aliphatic rings. The summed E-state index contributed by atoms with van der Waals surface area (Å²) in [6.07, 6.45) is 0. The van der Waals surface area contributed by atoms with E-state index in [4.69, 9.17) is 17.3 Å². The fourth-order valence-electron chi connectivity index (χ4n) is 2.32. The molecular weight excluding hydrogens is 288 g/mol. The Morgan fingerprint density at radius 1 is 1.43 bits per heavy atom. The highest BCUT2D eigenvalue weighted by atomic mass is 35.5. The van der Waals surface area contributed by atoms with E-state index in [0.717, 1.165) is 17.0 Å². The first kappa shape index (κ1) is 15.4. The number of benzene rings is 1. The molecule has 1 heterocycles. The minimum Gasteiger partial charge on any atom is -0.399 e. The number of carbonyl (C=O) groups excluding carboxylic acids is 1. The molecule has 0 aliphatic heterocycles. The van der Waals surface area contributed by atoms with Crippen molar-refractivity contribution in [2.75, 3.05) is 12.8 Å². The molecule has 112 valence electrons. The van der Waals surface area contributed by atoms with Crippen molar-refractivity contribution in [1.82, 2.24) is 14.7 Å². The largest absolute Gasteiger partial charge is 0.399 e. The zero-order valence-corrected chi connectivity index (χ0v) is 13.4. The molecule has 5 nitrogen and oxygen atoms in total. The molecule has 1 aromatic carbocycles. The molecule has 0 unspecified atom stereocenters. The molecule has 0 fully saturated rings. The Labute approximate surface area is 129 Å². The predicted octanol–water partition coefficient (Wildman–Crippen LogP) is 2.54. The first-order valence-corrected chi connectivity index (χ1v) is 6.98. The van der Waals surface area contributed by atoms with Crippen molar-refractivity contribution in [3.05, 3.63) is 45.7 Å². The highest BCUT2D eigenvalue weighted by molar-refractivity contribution is 6.31. The summed E-state index contributed by atoms with van der Waals surface area (Å²) in [5.41, 5.74) is 9.44. The number of nitrogen functional groups attached to an aromatic ring is 1. The van der Waals surface area contributed by atoms with Crippen molar-refractivity contribution in [1.29, 1.82) is 0 Å². The van der Waals surface area contributed by atoms with Crippen molar-refractivity contribution < 1.29 is 4.79 Å². The van der Waals surface area contributed by atoms with Gasteiger partial charge in [0.1, 0.15) is 0 Å². The minimum atomic E-state index is -0.0726. The normalized spacial score (nSPS) is 10.7. The third-order valence-corrected chi connectivity index (χ3v) is 3.92. The molecule has 2 N–H and O–H groups in total. The molecule has 1 aromatic heterocycles. The summed E-state index contributed by atoms with van der Waals surface area (Å²) in [5.74, 6) is -0.0726. The van der Waals surface area contributed by atoms with Gasteiger partial charge in [-0.1, -0.05) is 11.6 Å². The summed E-state index contributed by atoms with van der Waals surface area (Å²) in [6.45, 7) is 4.12. The van der Waals surface area contributed by atoms with E-state index >= 15 is 0 Å². The van der Waals surface area contributed by atoms with Crippen molar-refractivity contribution in [3.63, 3.8) is 0 Å². The second-order valence-electron chi connectivity index (χ2n) is 5.18. The van der Waals surface area contributed by atoms with E-state index < -0.39 is 0 Å². The van der Waals surface area contributed by atoms with Crippen LogP contribution in [0.2, 0.25) is 5.02 Å². The Morgan fingerprint density at radius 3 is 2.67 bits per heavy atom. The molecule has 0 bridgehead atoms. The standard InChI is InChI=1S/C15H19ClN4O/c1-9-14(10(2)20(4)18-9)15(21)19(3)8-11-7-12(17)5-6-13(11)16/h5-7H,8,17H2,1-4H3. The highest BCUT2D eigenvalue weighted by Crippen LogP contribution is 2.22. The Hall–Kier alpha value is -2.01. The van der Waals surface area contributed by atoms with Crippen LogP contribution in [0.1, 0.15) is 27.3 Å². The lowest BCUT2D eigenvalue weighted by Gasteiger charge is -2.18. The minimum absolute atomic E-state index is 0.0726. The Kier molecular flexibility index (Phi) is 4.23. The second kappa shape index (κ2) is 5.77. The Balaban J connectivity index is 2.26. The number of hydrogen-bond acceptors (Lipinski definition) is 3. The molecule has 2 aromatic rings. The number of carbonyl (C=O) groups is 1. The Morgan fingerprint density at radius 2 is 2.10 bits per heavy atom. The lowest BCUT2D eigenvalue weighted by molar-refractivity contribution is 0.0783. The van der Waals surface area contributed by atoms with E-state index in [1.54, 1.807) is 34.8 Å². The van der Waals surface area contributed by atoms with Crippen LogP contribution >= 0.6 is 11.6 Å². The maximum atomic E-state index is 12.6. The fraction of sp³-hybridized carbons (Fsp3) is 0.333. The van der Waals surface area contributed by atoms with Crippen LogP contribution in [0.5, 0.6) is 0 Å². The van der Waals surface area contributed by atoms with Crippen molar-refractivity contribution in [2.45, 2.75) is 20.4 Å². The van der Waals surface area contributed by atoms with Crippen LogP contribution in [0.15, 0.2) is 18.2 Å². The molecule has 0 atom stereocenters. The number of aromatic nitrogens is 2. The van der Waals surface area contributed by atoms with E-state index in [-0.39, 0.29) is 5.91 Å². The summed E-state index contributed by atoms with van der Waals surface area (Å²) in [7, 11) is 3.57. The SMILES string of the molecule is Cc1nn(C)c(C)c1C(=O)N(C)Cc1cc(N)ccc1Cl. The number of anilines is 1. The van der Waals surface area contributed by atoms with Crippen LogP contribution in [-0.4, -0.2) is 27.6 Å². The van der Waals surface area contributed by atoms with E-state index in [9.17, 15) is 4.79 Å². The lowest BCUT2D eigenvalue weighted by atomic mass is 10.1. The van der Waals surface area contributed by atoms with E-state index in [0.29, 0.717) is 22.8 Å².